The summed E-state index contributed by atoms with van der Waals surface area (Å²) < 4.78 is 22.9. The summed E-state index contributed by atoms with van der Waals surface area (Å²) in [4.78, 5) is 15.7. The molecule has 0 aliphatic carbocycles. The Morgan fingerprint density at radius 3 is 2.71 bits per heavy atom. The second-order valence-electron chi connectivity index (χ2n) is 3.88. The molecule has 0 fully saturated rings. The number of sulfonamides is 1. The summed E-state index contributed by atoms with van der Waals surface area (Å²) in [5.41, 5.74) is -0.281. The maximum absolute atomic E-state index is 11.8. The zero-order chi connectivity index (χ0) is 13.1. The summed E-state index contributed by atoms with van der Waals surface area (Å²) in [5.74, 6) is -0.116. The summed E-state index contributed by atoms with van der Waals surface area (Å²) in [6.45, 7) is 3.80. The number of nitrogens with zero attached hydrogens (tertiary/aromatic N) is 2. The predicted molar refractivity (Wildman–Crippen MR) is 65.3 cm³/mol. The van der Waals surface area contributed by atoms with Crippen molar-refractivity contribution in [1.29, 1.82) is 0 Å². The quantitative estimate of drug-likeness (QED) is 0.744. The van der Waals surface area contributed by atoms with Crippen LogP contribution in [0.2, 0.25) is 0 Å². The van der Waals surface area contributed by atoms with Crippen LogP contribution in [0.15, 0.2) is 17.2 Å². The smallest absolute Gasteiger partial charge is 0.293 e. The molecule has 0 amide bonds. The number of nitrogens with one attached hydrogen (secondary N) is 1. The average molecular weight is 260 g/mol. The molecule has 3 N–H and O–H groups in total. The maximum atomic E-state index is 11.8. The van der Waals surface area contributed by atoms with E-state index in [1.807, 2.05) is 13.8 Å². The molecule has 0 unspecified atom stereocenters. The Bertz CT molecular complexity index is 535. The highest BCUT2D eigenvalue weighted by Crippen LogP contribution is 2.01. The first-order valence-corrected chi connectivity index (χ1v) is 6.84. The van der Waals surface area contributed by atoms with Crippen LogP contribution in [0.1, 0.15) is 19.9 Å². The Morgan fingerprint density at radius 2 is 2.18 bits per heavy atom. The molecule has 8 heteroatoms. The molecule has 0 spiro atoms. The van der Waals surface area contributed by atoms with Crippen LogP contribution in [0.5, 0.6) is 0 Å². The van der Waals surface area contributed by atoms with Crippen LogP contribution in [0, 0.1) is 0 Å². The minimum Gasteiger partial charge on any atom is -0.364 e. The molecule has 0 saturated carbocycles. The van der Waals surface area contributed by atoms with Gasteiger partial charge in [0.15, 0.2) is 5.82 Å². The van der Waals surface area contributed by atoms with Crippen molar-refractivity contribution in [3.8, 4) is 0 Å². The Balaban J connectivity index is 2.79. The molecule has 0 bridgehead atoms. The molecular formula is C9H16N4O3S. The van der Waals surface area contributed by atoms with Crippen LogP contribution in [0.25, 0.3) is 0 Å². The van der Waals surface area contributed by atoms with Gasteiger partial charge in [0.25, 0.3) is 5.56 Å². The van der Waals surface area contributed by atoms with E-state index in [0.29, 0.717) is 0 Å². The van der Waals surface area contributed by atoms with Crippen molar-refractivity contribution >= 4 is 15.8 Å². The van der Waals surface area contributed by atoms with E-state index in [4.69, 9.17) is 5.14 Å². The van der Waals surface area contributed by atoms with E-state index < -0.39 is 10.0 Å². The summed E-state index contributed by atoms with van der Waals surface area (Å²) in [6, 6.07) is 0.0179. The zero-order valence-corrected chi connectivity index (χ0v) is 10.6. The number of hydrogen-bond donors (Lipinski definition) is 2. The van der Waals surface area contributed by atoms with Gasteiger partial charge in [0.2, 0.25) is 10.0 Å². The minimum atomic E-state index is -3.53. The first kappa shape index (κ1) is 13.7. The van der Waals surface area contributed by atoms with E-state index in [1.54, 1.807) is 6.20 Å². The van der Waals surface area contributed by atoms with Gasteiger partial charge in [-0.15, -0.1) is 0 Å². The lowest BCUT2D eigenvalue weighted by Gasteiger charge is -2.11. The maximum Gasteiger partial charge on any atom is 0.293 e. The van der Waals surface area contributed by atoms with Crippen LogP contribution in [-0.4, -0.2) is 30.3 Å². The van der Waals surface area contributed by atoms with Gasteiger partial charge >= 0.3 is 0 Å². The van der Waals surface area contributed by atoms with Crippen LogP contribution in [0.3, 0.4) is 0 Å². The van der Waals surface area contributed by atoms with Crippen molar-refractivity contribution in [3.05, 3.63) is 22.7 Å². The highest BCUT2D eigenvalue weighted by atomic mass is 32.2. The standard InChI is InChI=1S/C9H16N4O3S/c1-7(2)13-5-3-11-8(9(13)14)12-4-6-17(10,15)16/h3,5,7H,4,6H2,1-2H3,(H,11,12)(H2,10,15,16). The molecule has 1 aromatic heterocycles. The summed E-state index contributed by atoms with van der Waals surface area (Å²) in [5, 5.41) is 7.51. The van der Waals surface area contributed by atoms with Gasteiger partial charge in [-0.05, 0) is 13.8 Å². The van der Waals surface area contributed by atoms with Gasteiger partial charge in [-0.25, -0.2) is 18.5 Å². The van der Waals surface area contributed by atoms with Gasteiger partial charge in [0.05, 0.1) is 5.75 Å². The molecule has 96 valence electrons. The normalized spacial score (nSPS) is 11.8. The van der Waals surface area contributed by atoms with Crippen molar-refractivity contribution in [2.24, 2.45) is 5.14 Å². The molecule has 1 heterocycles. The molecule has 1 aromatic rings. The fourth-order valence-corrected chi connectivity index (χ4v) is 1.65. The average Bonchev–Trinajstić information content (AvgIpc) is 2.18. The summed E-state index contributed by atoms with van der Waals surface area (Å²) in [6.07, 6.45) is 3.07. The van der Waals surface area contributed by atoms with Gasteiger partial charge in [-0.3, -0.25) is 4.79 Å². The molecule has 0 aliphatic rings. The van der Waals surface area contributed by atoms with Crippen LogP contribution in [-0.2, 0) is 10.0 Å². The first-order valence-electron chi connectivity index (χ1n) is 5.13. The van der Waals surface area contributed by atoms with Crippen molar-refractivity contribution in [3.63, 3.8) is 0 Å². The van der Waals surface area contributed by atoms with Gasteiger partial charge in [-0.2, -0.15) is 0 Å². The van der Waals surface area contributed by atoms with Crippen LogP contribution in [0.4, 0.5) is 5.82 Å². The van der Waals surface area contributed by atoms with Gasteiger partial charge < -0.3 is 9.88 Å². The Morgan fingerprint density at radius 1 is 1.53 bits per heavy atom. The van der Waals surface area contributed by atoms with Crippen molar-refractivity contribution in [2.75, 3.05) is 17.6 Å². The molecule has 1 rings (SSSR count). The Hall–Kier alpha value is -1.41. The van der Waals surface area contributed by atoms with E-state index >= 15 is 0 Å². The Kier molecular flexibility index (Phi) is 4.24. The second-order valence-corrected chi connectivity index (χ2v) is 5.61. The van der Waals surface area contributed by atoms with E-state index in [2.05, 4.69) is 10.3 Å². The predicted octanol–water partition coefficient (Wildman–Crippen LogP) is -0.475. The second kappa shape index (κ2) is 5.28. The lowest BCUT2D eigenvalue weighted by Crippen LogP contribution is -2.28. The molecule has 0 saturated heterocycles. The van der Waals surface area contributed by atoms with Crippen LogP contribution >= 0.6 is 0 Å². The molecule has 0 atom stereocenters. The third-order valence-electron chi connectivity index (χ3n) is 2.10. The third kappa shape index (κ3) is 4.16. The van der Waals surface area contributed by atoms with E-state index in [-0.39, 0.29) is 29.7 Å². The number of nitrogens with two attached hydrogens (primary N) is 1. The number of hydrogen-bond acceptors (Lipinski definition) is 5. The SMILES string of the molecule is CC(C)n1ccnc(NCCS(N)(=O)=O)c1=O. The van der Waals surface area contributed by atoms with E-state index in [1.165, 1.54) is 10.8 Å². The monoisotopic (exact) mass is 260 g/mol. The van der Waals surface area contributed by atoms with Gasteiger partial charge in [0.1, 0.15) is 0 Å². The molecular weight excluding hydrogens is 244 g/mol. The van der Waals surface area contributed by atoms with E-state index in [9.17, 15) is 13.2 Å². The lowest BCUT2D eigenvalue weighted by molar-refractivity contribution is 0.575. The highest BCUT2D eigenvalue weighted by Gasteiger charge is 2.08. The molecule has 0 aromatic carbocycles. The highest BCUT2D eigenvalue weighted by molar-refractivity contribution is 7.89. The van der Waals surface area contributed by atoms with Crippen molar-refractivity contribution in [1.82, 2.24) is 9.55 Å². The molecule has 0 aliphatic heterocycles. The molecule has 0 radical (unpaired) electrons. The fourth-order valence-electron chi connectivity index (χ4n) is 1.26. The minimum absolute atomic E-state index is 0.0179. The third-order valence-corrected chi connectivity index (χ3v) is 2.88. The molecule has 7 nitrogen and oxygen atoms in total. The lowest BCUT2D eigenvalue weighted by atomic mass is 10.4. The number of anilines is 1. The van der Waals surface area contributed by atoms with Gasteiger partial charge in [0, 0.05) is 25.0 Å². The number of rotatable bonds is 5. The summed E-state index contributed by atoms with van der Waals surface area (Å²) >= 11 is 0. The first-order chi connectivity index (χ1) is 7.81. The van der Waals surface area contributed by atoms with Crippen molar-refractivity contribution < 1.29 is 8.42 Å². The molecule has 17 heavy (non-hydrogen) atoms. The van der Waals surface area contributed by atoms with E-state index in [0.717, 1.165) is 0 Å². The largest absolute Gasteiger partial charge is 0.364 e. The zero-order valence-electron chi connectivity index (χ0n) is 9.75. The van der Waals surface area contributed by atoms with Crippen molar-refractivity contribution in [2.45, 2.75) is 19.9 Å². The Labute approximate surface area is 99.7 Å². The topological polar surface area (TPSA) is 107 Å². The number of primary sulfonamides is 1. The number of aromatic nitrogens is 2. The fraction of sp³-hybridized carbons (Fsp3) is 0.556. The summed E-state index contributed by atoms with van der Waals surface area (Å²) in [7, 11) is -3.53. The van der Waals surface area contributed by atoms with Crippen LogP contribution < -0.4 is 16.0 Å². The van der Waals surface area contributed by atoms with Gasteiger partial charge in [-0.1, -0.05) is 0 Å².